The molecule has 0 unspecified atom stereocenters. The molecule has 1 aromatic rings. The van der Waals surface area contributed by atoms with Gasteiger partial charge in [-0.05, 0) is 19.1 Å². The van der Waals surface area contributed by atoms with E-state index in [-0.39, 0.29) is 16.8 Å². The number of rotatable bonds is 1. The van der Waals surface area contributed by atoms with Gasteiger partial charge < -0.3 is 4.90 Å². The number of thiocarbonyl (C=S) groups is 1. The third kappa shape index (κ3) is 1.78. The third-order valence-electron chi connectivity index (χ3n) is 3.56. The van der Waals surface area contributed by atoms with Gasteiger partial charge >= 0.3 is 0 Å². The van der Waals surface area contributed by atoms with E-state index in [4.69, 9.17) is 12.2 Å². The Morgan fingerprint density at radius 2 is 2.06 bits per heavy atom. The van der Waals surface area contributed by atoms with Gasteiger partial charge in [-0.15, -0.1) is 0 Å². The van der Waals surface area contributed by atoms with Gasteiger partial charge in [-0.1, -0.05) is 42.2 Å². The van der Waals surface area contributed by atoms with E-state index in [1.54, 1.807) is 0 Å². The van der Waals surface area contributed by atoms with Crippen molar-refractivity contribution in [2.24, 2.45) is 0 Å². The van der Waals surface area contributed by atoms with Crippen molar-refractivity contribution in [3.05, 3.63) is 30.3 Å². The molecule has 2 saturated heterocycles. The molecule has 3 rings (SSSR count). The Balaban J connectivity index is 2.07. The number of benzene rings is 1. The average molecular weight is 299 g/mol. The monoisotopic (exact) mass is 299 g/mol. The minimum Gasteiger partial charge on any atom is -0.319 e. The van der Waals surface area contributed by atoms with Gasteiger partial charge in [0.25, 0.3) is 0 Å². The Hall–Kier alpha value is -0.590. The second kappa shape index (κ2) is 3.95. The van der Waals surface area contributed by atoms with Crippen LogP contribution in [-0.4, -0.2) is 35.0 Å². The molecule has 2 atom stereocenters. The minimum absolute atomic E-state index is 0.0511. The molecule has 0 spiro atoms. The number of sulfone groups is 1. The van der Waals surface area contributed by atoms with Gasteiger partial charge in [0.05, 0.1) is 22.3 Å². The van der Waals surface area contributed by atoms with E-state index in [0.717, 1.165) is 10.0 Å². The predicted octanol–water partition coefficient (Wildman–Crippen LogP) is 2.08. The zero-order valence-corrected chi connectivity index (χ0v) is 12.3. The quantitative estimate of drug-likeness (QED) is 0.742. The first-order valence-electron chi connectivity index (χ1n) is 5.69. The summed E-state index contributed by atoms with van der Waals surface area (Å²) in [5, 5.41) is 0.0511. The van der Waals surface area contributed by atoms with E-state index >= 15 is 0 Å². The molecule has 0 saturated carbocycles. The molecule has 2 heterocycles. The summed E-state index contributed by atoms with van der Waals surface area (Å²) in [6.45, 7) is 2.00. The fraction of sp³-hybridized carbons (Fsp3) is 0.417. The summed E-state index contributed by atoms with van der Waals surface area (Å²) >= 11 is 6.94. The molecular weight excluding hydrogens is 286 g/mol. The standard InChI is InChI=1S/C12H13NO2S3/c1-12-8-18(14,15)7-10(12)17-11(16)13(12)9-5-3-2-4-6-9/h2-6,10H,7-8H2,1H3/t10-,12-/m1/s1. The van der Waals surface area contributed by atoms with Crippen LogP contribution in [0.3, 0.4) is 0 Å². The van der Waals surface area contributed by atoms with E-state index in [2.05, 4.69) is 0 Å². The average Bonchev–Trinajstić information content (AvgIpc) is 2.62. The molecule has 2 aliphatic rings. The van der Waals surface area contributed by atoms with Gasteiger partial charge in [-0.2, -0.15) is 0 Å². The highest BCUT2D eigenvalue weighted by atomic mass is 32.2. The molecule has 0 aliphatic carbocycles. The number of hydrogen-bond donors (Lipinski definition) is 0. The topological polar surface area (TPSA) is 37.4 Å². The number of thioether (sulfide) groups is 1. The van der Waals surface area contributed by atoms with Crippen molar-refractivity contribution in [1.29, 1.82) is 0 Å². The molecule has 1 aromatic carbocycles. The Morgan fingerprint density at radius 1 is 1.39 bits per heavy atom. The van der Waals surface area contributed by atoms with Gasteiger partial charge in [-0.25, -0.2) is 8.42 Å². The van der Waals surface area contributed by atoms with Crippen LogP contribution >= 0.6 is 24.0 Å². The van der Waals surface area contributed by atoms with Crippen LogP contribution in [0.15, 0.2) is 30.3 Å². The van der Waals surface area contributed by atoms with Crippen molar-refractivity contribution in [3.8, 4) is 0 Å². The summed E-state index contributed by atoms with van der Waals surface area (Å²) in [5.41, 5.74) is 0.583. The lowest BCUT2D eigenvalue weighted by Gasteiger charge is -2.34. The highest BCUT2D eigenvalue weighted by molar-refractivity contribution is 8.24. The lowest BCUT2D eigenvalue weighted by atomic mass is 9.99. The predicted molar refractivity (Wildman–Crippen MR) is 80.0 cm³/mol. The van der Waals surface area contributed by atoms with Crippen LogP contribution in [0.4, 0.5) is 5.69 Å². The van der Waals surface area contributed by atoms with E-state index in [0.29, 0.717) is 0 Å². The molecule has 3 nitrogen and oxygen atoms in total. The highest BCUT2D eigenvalue weighted by Gasteiger charge is 2.57. The number of nitrogens with zero attached hydrogens (tertiary/aromatic N) is 1. The maximum atomic E-state index is 11.8. The molecular formula is C12H13NO2S3. The summed E-state index contributed by atoms with van der Waals surface area (Å²) in [7, 11) is -2.95. The number of anilines is 1. The Bertz CT molecular complexity index is 599. The van der Waals surface area contributed by atoms with Gasteiger partial charge in [0, 0.05) is 5.69 Å². The molecule has 96 valence electrons. The smallest absolute Gasteiger partial charge is 0.153 e. The molecule has 0 amide bonds. The van der Waals surface area contributed by atoms with Crippen LogP contribution in [0.25, 0.3) is 0 Å². The van der Waals surface area contributed by atoms with E-state index in [9.17, 15) is 8.42 Å². The van der Waals surface area contributed by atoms with Gasteiger partial charge in [0.15, 0.2) is 9.84 Å². The maximum absolute atomic E-state index is 11.8. The third-order valence-corrected chi connectivity index (χ3v) is 7.45. The van der Waals surface area contributed by atoms with E-state index in [1.165, 1.54) is 11.8 Å². The first kappa shape index (κ1) is 12.4. The molecule has 2 fully saturated rings. The normalized spacial score (nSPS) is 33.7. The Morgan fingerprint density at radius 3 is 2.72 bits per heavy atom. The first-order valence-corrected chi connectivity index (χ1v) is 8.80. The van der Waals surface area contributed by atoms with Gasteiger partial charge in [0.1, 0.15) is 4.32 Å². The summed E-state index contributed by atoms with van der Waals surface area (Å²) in [6, 6.07) is 9.79. The number of para-hydroxylation sites is 1. The summed E-state index contributed by atoms with van der Waals surface area (Å²) < 4.78 is 24.5. The van der Waals surface area contributed by atoms with Crippen LogP contribution in [-0.2, 0) is 9.84 Å². The lowest BCUT2D eigenvalue weighted by molar-refractivity contribution is 0.550. The number of hydrogen-bond acceptors (Lipinski definition) is 4. The molecule has 0 bridgehead atoms. The van der Waals surface area contributed by atoms with Gasteiger partial charge in [0.2, 0.25) is 0 Å². The van der Waals surface area contributed by atoms with Crippen LogP contribution < -0.4 is 4.90 Å². The van der Waals surface area contributed by atoms with Gasteiger partial charge in [-0.3, -0.25) is 0 Å². The zero-order chi connectivity index (χ0) is 13.0. The molecule has 6 heteroatoms. The molecule has 0 aromatic heterocycles. The van der Waals surface area contributed by atoms with Crippen molar-refractivity contribution in [2.45, 2.75) is 17.7 Å². The summed E-state index contributed by atoms with van der Waals surface area (Å²) in [5.74, 6) is 0.421. The summed E-state index contributed by atoms with van der Waals surface area (Å²) in [6.07, 6.45) is 0. The van der Waals surface area contributed by atoms with Crippen molar-refractivity contribution in [3.63, 3.8) is 0 Å². The first-order chi connectivity index (χ1) is 8.42. The second-order valence-corrected chi connectivity index (χ2v) is 8.90. The molecule has 18 heavy (non-hydrogen) atoms. The van der Waals surface area contributed by atoms with Crippen LogP contribution in [0, 0.1) is 0 Å². The molecule has 0 radical (unpaired) electrons. The van der Waals surface area contributed by atoms with Crippen molar-refractivity contribution < 1.29 is 8.42 Å². The van der Waals surface area contributed by atoms with E-state index < -0.39 is 15.4 Å². The second-order valence-electron chi connectivity index (χ2n) is 4.96. The van der Waals surface area contributed by atoms with Crippen molar-refractivity contribution in [1.82, 2.24) is 0 Å². The van der Waals surface area contributed by atoms with Crippen LogP contribution in [0.2, 0.25) is 0 Å². The highest BCUT2D eigenvalue weighted by Crippen LogP contribution is 2.47. The fourth-order valence-corrected chi connectivity index (χ4v) is 7.66. The molecule has 0 N–H and O–H groups in total. The van der Waals surface area contributed by atoms with Crippen molar-refractivity contribution in [2.75, 3.05) is 16.4 Å². The van der Waals surface area contributed by atoms with Crippen LogP contribution in [0.5, 0.6) is 0 Å². The Kier molecular flexibility index (Phi) is 2.73. The lowest BCUT2D eigenvalue weighted by Crippen LogP contribution is -2.49. The van der Waals surface area contributed by atoms with E-state index in [1.807, 2.05) is 42.2 Å². The SMILES string of the molecule is C[C@@]12CS(=O)(=O)C[C@H]1SC(=S)N2c1ccccc1. The van der Waals surface area contributed by atoms with Crippen LogP contribution in [0.1, 0.15) is 6.92 Å². The fourth-order valence-electron chi connectivity index (χ4n) is 2.74. The summed E-state index contributed by atoms with van der Waals surface area (Å²) in [4.78, 5) is 2.02. The minimum atomic E-state index is -2.95. The molecule has 2 aliphatic heterocycles. The maximum Gasteiger partial charge on any atom is 0.153 e. The Labute approximate surface area is 116 Å². The van der Waals surface area contributed by atoms with Crippen molar-refractivity contribution >= 4 is 43.8 Å². The zero-order valence-electron chi connectivity index (χ0n) is 9.87. The largest absolute Gasteiger partial charge is 0.319 e. The number of fused-ring (bicyclic) bond motifs is 1.